The lowest BCUT2D eigenvalue weighted by atomic mass is 9.46. The Balaban J connectivity index is 1.71. The van der Waals surface area contributed by atoms with E-state index in [1.54, 1.807) is 0 Å². The van der Waals surface area contributed by atoms with Crippen LogP contribution < -0.4 is 5.32 Å². The van der Waals surface area contributed by atoms with E-state index in [0.717, 1.165) is 36.6 Å². The lowest BCUT2D eigenvalue weighted by Gasteiger charge is -2.62. The minimum atomic E-state index is -1.80. The molecule has 0 amide bonds. The van der Waals surface area contributed by atoms with Crippen LogP contribution >= 0.6 is 0 Å². The van der Waals surface area contributed by atoms with Gasteiger partial charge in [0.2, 0.25) is 0 Å². The first-order valence-electron chi connectivity index (χ1n) is 13.0. The van der Waals surface area contributed by atoms with Crippen LogP contribution in [0.15, 0.2) is 11.8 Å². The first-order chi connectivity index (χ1) is 13.9. The Hall–Kier alpha value is -0.283. The highest BCUT2D eigenvalue weighted by Crippen LogP contribution is 2.67. The van der Waals surface area contributed by atoms with Crippen molar-refractivity contribution in [2.24, 2.45) is 40.4 Å². The SMILES string of the molecule is CC[C@H]1CC[C@H]2[C@@H]3[C@@H](C)C=C4NCCC(O[Si](C)(C)C(C)(C)C)[C@]4(C)[C@H]3CC[C@]12C. The second-order valence-electron chi connectivity index (χ2n) is 13.3. The highest BCUT2D eigenvalue weighted by molar-refractivity contribution is 6.74. The van der Waals surface area contributed by atoms with Crippen LogP contribution in [-0.4, -0.2) is 21.0 Å². The predicted molar refractivity (Wildman–Crippen MR) is 131 cm³/mol. The van der Waals surface area contributed by atoms with E-state index >= 15 is 0 Å². The lowest BCUT2D eigenvalue weighted by molar-refractivity contribution is -0.0990. The summed E-state index contributed by atoms with van der Waals surface area (Å²) < 4.78 is 7.24. The van der Waals surface area contributed by atoms with Crippen molar-refractivity contribution in [1.29, 1.82) is 0 Å². The Morgan fingerprint density at radius 1 is 1.10 bits per heavy atom. The van der Waals surface area contributed by atoms with E-state index in [-0.39, 0.29) is 10.5 Å². The van der Waals surface area contributed by atoms with Gasteiger partial charge < -0.3 is 9.74 Å². The second kappa shape index (κ2) is 7.37. The topological polar surface area (TPSA) is 21.3 Å². The van der Waals surface area contributed by atoms with Gasteiger partial charge in [-0.15, -0.1) is 0 Å². The summed E-state index contributed by atoms with van der Waals surface area (Å²) in [5.41, 5.74) is 2.26. The van der Waals surface area contributed by atoms with Gasteiger partial charge in [-0.2, -0.15) is 0 Å². The van der Waals surface area contributed by atoms with Crippen molar-refractivity contribution in [3.05, 3.63) is 11.8 Å². The molecule has 0 bridgehead atoms. The van der Waals surface area contributed by atoms with Gasteiger partial charge in [-0.1, -0.05) is 61.0 Å². The average molecular weight is 432 g/mol. The number of hydrogen-bond donors (Lipinski definition) is 1. The molecule has 3 aliphatic carbocycles. The maximum absolute atomic E-state index is 7.24. The molecule has 0 spiro atoms. The van der Waals surface area contributed by atoms with Crippen molar-refractivity contribution in [2.45, 2.75) is 111 Å². The van der Waals surface area contributed by atoms with Gasteiger partial charge in [0, 0.05) is 17.7 Å². The van der Waals surface area contributed by atoms with Crippen molar-refractivity contribution in [2.75, 3.05) is 6.54 Å². The quantitative estimate of drug-likeness (QED) is 0.471. The number of piperidine rings is 1. The molecule has 1 heterocycles. The Kier molecular flexibility index (Phi) is 5.62. The summed E-state index contributed by atoms with van der Waals surface area (Å²) in [5.74, 6) is 4.14. The highest BCUT2D eigenvalue weighted by atomic mass is 28.4. The molecule has 172 valence electrons. The Morgan fingerprint density at radius 2 is 1.80 bits per heavy atom. The number of rotatable bonds is 3. The van der Waals surface area contributed by atoms with Crippen LogP contribution in [0.3, 0.4) is 0 Å². The molecule has 2 nitrogen and oxygen atoms in total. The van der Waals surface area contributed by atoms with Gasteiger partial charge >= 0.3 is 0 Å². The van der Waals surface area contributed by atoms with Crippen molar-refractivity contribution in [3.8, 4) is 0 Å². The summed E-state index contributed by atoms with van der Waals surface area (Å²) >= 11 is 0. The van der Waals surface area contributed by atoms with Crippen molar-refractivity contribution in [1.82, 2.24) is 5.32 Å². The predicted octanol–water partition coefficient (Wildman–Crippen LogP) is 7.38. The molecule has 0 radical (unpaired) electrons. The molecule has 8 atom stereocenters. The molecule has 1 N–H and O–H groups in total. The Bertz CT molecular complexity index is 693. The van der Waals surface area contributed by atoms with Crippen LogP contribution in [0.1, 0.15) is 87.0 Å². The van der Waals surface area contributed by atoms with E-state index in [2.05, 4.69) is 73.0 Å². The zero-order valence-electron chi connectivity index (χ0n) is 21.4. The molecule has 4 aliphatic rings. The molecule has 3 heteroatoms. The lowest BCUT2D eigenvalue weighted by Crippen LogP contribution is -2.61. The van der Waals surface area contributed by atoms with Gasteiger partial charge in [0.05, 0.1) is 6.10 Å². The molecular formula is C27H49NOSi. The Labute approximate surface area is 188 Å². The van der Waals surface area contributed by atoms with Gasteiger partial charge in [0.1, 0.15) is 0 Å². The van der Waals surface area contributed by atoms with Gasteiger partial charge in [-0.05, 0) is 85.2 Å². The average Bonchev–Trinajstić information content (AvgIpc) is 2.98. The van der Waals surface area contributed by atoms with Crippen LogP contribution in [0, 0.1) is 40.4 Å². The number of fused-ring (bicyclic) bond motifs is 5. The molecular weight excluding hydrogens is 382 g/mol. The van der Waals surface area contributed by atoms with Gasteiger partial charge in [0.15, 0.2) is 8.32 Å². The van der Waals surface area contributed by atoms with E-state index in [4.69, 9.17) is 4.43 Å². The van der Waals surface area contributed by atoms with Gasteiger partial charge in [-0.25, -0.2) is 0 Å². The summed E-state index contributed by atoms with van der Waals surface area (Å²) in [6.07, 6.45) is 11.3. The zero-order chi connectivity index (χ0) is 22.1. The third-order valence-electron chi connectivity index (χ3n) is 11.0. The van der Waals surface area contributed by atoms with Gasteiger partial charge in [-0.3, -0.25) is 0 Å². The third-order valence-corrected chi connectivity index (χ3v) is 15.5. The molecule has 0 aromatic heterocycles. The summed E-state index contributed by atoms with van der Waals surface area (Å²) in [6.45, 7) is 23.3. The molecule has 0 aromatic carbocycles. The third kappa shape index (κ3) is 3.19. The molecule has 3 fully saturated rings. The molecule has 1 saturated heterocycles. The second-order valence-corrected chi connectivity index (χ2v) is 18.1. The normalized spacial score (nSPS) is 46.4. The first-order valence-corrected chi connectivity index (χ1v) is 15.9. The standard InChI is InChI=1S/C27H49NOSi/c1-10-19-11-12-20-24-18(2)17-22-27(7,21(24)13-15-26(19,20)6)23(14-16-28-22)29-30(8,9)25(3,4)5/h17-21,23-24,28H,10-16H2,1-9H3/t18-,19-,20-,21-,23?,24-,26+,27+/m0/s1. The maximum Gasteiger partial charge on any atom is 0.192 e. The molecule has 1 aliphatic heterocycles. The molecule has 2 saturated carbocycles. The van der Waals surface area contributed by atoms with E-state index < -0.39 is 8.32 Å². The van der Waals surface area contributed by atoms with Crippen LogP contribution in [0.5, 0.6) is 0 Å². The van der Waals surface area contributed by atoms with Crippen molar-refractivity contribution >= 4 is 8.32 Å². The molecule has 1 unspecified atom stereocenters. The van der Waals surface area contributed by atoms with Crippen LogP contribution in [0.4, 0.5) is 0 Å². The fourth-order valence-electron chi connectivity index (χ4n) is 8.17. The fourth-order valence-corrected chi connectivity index (χ4v) is 9.60. The molecule has 30 heavy (non-hydrogen) atoms. The largest absolute Gasteiger partial charge is 0.413 e. The smallest absolute Gasteiger partial charge is 0.192 e. The van der Waals surface area contributed by atoms with E-state index in [1.807, 2.05) is 0 Å². The number of nitrogens with one attached hydrogen (secondary N) is 1. The van der Waals surface area contributed by atoms with E-state index in [1.165, 1.54) is 37.8 Å². The highest BCUT2D eigenvalue weighted by Gasteiger charge is 2.62. The number of hydrogen-bond acceptors (Lipinski definition) is 2. The van der Waals surface area contributed by atoms with Crippen LogP contribution in [0.2, 0.25) is 18.1 Å². The minimum Gasteiger partial charge on any atom is -0.413 e. The van der Waals surface area contributed by atoms with E-state index in [9.17, 15) is 0 Å². The minimum absolute atomic E-state index is 0.163. The Morgan fingerprint density at radius 3 is 2.43 bits per heavy atom. The summed E-state index contributed by atoms with van der Waals surface area (Å²) in [7, 11) is -1.80. The van der Waals surface area contributed by atoms with Crippen molar-refractivity contribution in [3.63, 3.8) is 0 Å². The fraction of sp³-hybridized carbons (Fsp3) is 0.926. The first kappa shape index (κ1) is 22.9. The van der Waals surface area contributed by atoms with Crippen LogP contribution in [-0.2, 0) is 4.43 Å². The maximum atomic E-state index is 7.24. The molecule has 0 aromatic rings. The van der Waals surface area contributed by atoms with E-state index in [0.29, 0.717) is 17.4 Å². The summed E-state index contributed by atoms with van der Waals surface area (Å²) in [5, 5.41) is 4.13. The van der Waals surface area contributed by atoms with Crippen molar-refractivity contribution < 1.29 is 4.43 Å². The summed E-state index contributed by atoms with van der Waals surface area (Å²) in [4.78, 5) is 0. The monoisotopic (exact) mass is 431 g/mol. The zero-order valence-corrected chi connectivity index (χ0v) is 22.4. The molecule has 4 rings (SSSR count). The summed E-state index contributed by atoms with van der Waals surface area (Å²) in [6, 6.07) is 0. The van der Waals surface area contributed by atoms with Gasteiger partial charge in [0.25, 0.3) is 0 Å². The number of allylic oxidation sites excluding steroid dienone is 1. The van der Waals surface area contributed by atoms with Crippen LogP contribution in [0.25, 0.3) is 0 Å².